The van der Waals surface area contributed by atoms with Crippen molar-refractivity contribution in [3.05, 3.63) is 40.7 Å². The Bertz CT molecular complexity index is 455. The number of aliphatic hydroxyl groups excluding tert-OH is 1. The molecule has 0 spiro atoms. The normalized spacial score (nSPS) is 10.3. The minimum atomic E-state index is -0.164. The summed E-state index contributed by atoms with van der Waals surface area (Å²) in [6.07, 6.45) is 1.47. The number of aromatic nitrogens is 1. The molecule has 0 fully saturated rings. The molecular formula is C10H8BrNO3. The topological polar surface area (TPSA) is 55.5 Å². The maximum atomic E-state index is 8.78. The minimum absolute atomic E-state index is 0.117. The summed E-state index contributed by atoms with van der Waals surface area (Å²) in [5.41, 5.74) is 0.442. The lowest BCUT2D eigenvalue weighted by Gasteiger charge is -2.01. The second kappa shape index (κ2) is 4.46. The molecule has 5 heteroatoms. The summed E-state index contributed by atoms with van der Waals surface area (Å²) < 4.78 is 11.2. The predicted molar refractivity (Wildman–Crippen MR) is 56.6 cm³/mol. The molecule has 0 aliphatic carbocycles. The number of aliphatic hydroxyl groups is 1. The Kier molecular flexibility index (Phi) is 3.03. The number of benzene rings is 1. The molecular weight excluding hydrogens is 262 g/mol. The summed E-state index contributed by atoms with van der Waals surface area (Å²) in [7, 11) is 0. The first-order chi connectivity index (χ1) is 7.29. The molecule has 0 radical (unpaired) electrons. The molecule has 2 rings (SSSR count). The average Bonchev–Trinajstić information content (AvgIpc) is 2.69. The van der Waals surface area contributed by atoms with Crippen molar-refractivity contribution in [1.29, 1.82) is 0 Å². The molecule has 1 heterocycles. The van der Waals surface area contributed by atoms with Gasteiger partial charge in [-0.05, 0) is 28.1 Å². The monoisotopic (exact) mass is 269 g/mol. The minimum Gasteiger partial charge on any atom is -0.417 e. The molecule has 78 valence electrons. The highest BCUT2D eigenvalue weighted by Gasteiger charge is 2.07. The molecule has 0 aliphatic heterocycles. The summed E-state index contributed by atoms with van der Waals surface area (Å²) in [5.74, 6) is 0.615. The third-order valence-corrected chi connectivity index (χ3v) is 2.38. The van der Waals surface area contributed by atoms with Crippen LogP contribution in [-0.2, 0) is 6.61 Å². The number of nitrogens with zero attached hydrogens (tertiary/aromatic N) is 1. The molecule has 0 bridgehead atoms. The van der Waals surface area contributed by atoms with Gasteiger partial charge in [-0.3, -0.25) is 0 Å². The van der Waals surface area contributed by atoms with Crippen LogP contribution in [0.5, 0.6) is 11.8 Å². The van der Waals surface area contributed by atoms with Crippen molar-refractivity contribution in [2.45, 2.75) is 6.61 Å². The smallest absolute Gasteiger partial charge is 0.399 e. The number of halogens is 1. The summed E-state index contributed by atoms with van der Waals surface area (Å²) in [4.78, 5) is 3.91. The SMILES string of the molecule is OCc1coc(Oc2ccccc2Br)n1. The maximum Gasteiger partial charge on any atom is 0.399 e. The van der Waals surface area contributed by atoms with E-state index in [1.54, 1.807) is 6.07 Å². The standard InChI is InChI=1S/C10H8BrNO3/c11-8-3-1-2-4-9(8)15-10-12-7(5-13)6-14-10/h1-4,6,13H,5H2. The molecule has 2 aromatic rings. The molecule has 0 unspecified atom stereocenters. The third kappa shape index (κ3) is 2.37. The van der Waals surface area contributed by atoms with Crippen molar-refractivity contribution in [2.24, 2.45) is 0 Å². The lowest BCUT2D eigenvalue weighted by Crippen LogP contribution is -1.86. The largest absolute Gasteiger partial charge is 0.417 e. The van der Waals surface area contributed by atoms with E-state index in [4.69, 9.17) is 14.3 Å². The van der Waals surface area contributed by atoms with Crippen LogP contribution >= 0.6 is 15.9 Å². The number of rotatable bonds is 3. The third-order valence-electron chi connectivity index (χ3n) is 1.73. The van der Waals surface area contributed by atoms with Crippen LogP contribution in [0.3, 0.4) is 0 Å². The highest BCUT2D eigenvalue weighted by molar-refractivity contribution is 9.10. The predicted octanol–water partition coefficient (Wildman–Crippen LogP) is 2.72. The van der Waals surface area contributed by atoms with Gasteiger partial charge >= 0.3 is 6.08 Å². The first kappa shape index (κ1) is 10.2. The van der Waals surface area contributed by atoms with Gasteiger partial charge in [0.2, 0.25) is 0 Å². The molecule has 15 heavy (non-hydrogen) atoms. The van der Waals surface area contributed by atoms with Crippen LogP contribution in [0.4, 0.5) is 0 Å². The summed E-state index contributed by atoms with van der Waals surface area (Å²) in [5, 5.41) is 8.78. The molecule has 0 aliphatic rings. The van der Waals surface area contributed by atoms with Crippen LogP contribution in [0, 0.1) is 0 Å². The van der Waals surface area contributed by atoms with Crippen LogP contribution in [0.1, 0.15) is 5.69 Å². The van der Waals surface area contributed by atoms with Gasteiger partial charge in [0.15, 0.2) is 0 Å². The Hall–Kier alpha value is -1.33. The van der Waals surface area contributed by atoms with Gasteiger partial charge in [-0.25, -0.2) is 0 Å². The Labute approximate surface area is 94.6 Å². The van der Waals surface area contributed by atoms with E-state index in [9.17, 15) is 0 Å². The van der Waals surface area contributed by atoms with E-state index in [2.05, 4.69) is 20.9 Å². The number of oxazole rings is 1. The van der Waals surface area contributed by atoms with E-state index >= 15 is 0 Å². The van der Waals surface area contributed by atoms with Gasteiger partial charge in [0.05, 0.1) is 11.1 Å². The molecule has 0 saturated heterocycles. The molecule has 1 aromatic heterocycles. The summed E-state index contributed by atoms with van der Waals surface area (Å²) in [6.45, 7) is -0.164. The highest BCUT2D eigenvalue weighted by atomic mass is 79.9. The maximum absolute atomic E-state index is 8.78. The van der Waals surface area contributed by atoms with Crippen molar-refractivity contribution in [3.8, 4) is 11.8 Å². The van der Waals surface area contributed by atoms with Gasteiger partial charge in [0.25, 0.3) is 0 Å². The molecule has 0 atom stereocenters. The van der Waals surface area contributed by atoms with E-state index in [0.717, 1.165) is 4.47 Å². The zero-order valence-corrected chi connectivity index (χ0v) is 9.27. The fraction of sp³-hybridized carbons (Fsp3) is 0.100. The Balaban J connectivity index is 2.18. The fourth-order valence-electron chi connectivity index (χ4n) is 1.03. The second-order valence-corrected chi connectivity index (χ2v) is 3.65. The van der Waals surface area contributed by atoms with Gasteiger partial charge in [0, 0.05) is 0 Å². The first-order valence-electron chi connectivity index (χ1n) is 4.27. The molecule has 1 aromatic carbocycles. The first-order valence-corrected chi connectivity index (χ1v) is 5.06. The Morgan fingerprint density at radius 1 is 1.40 bits per heavy atom. The van der Waals surface area contributed by atoms with Crippen molar-refractivity contribution in [2.75, 3.05) is 0 Å². The van der Waals surface area contributed by atoms with E-state index in [0.29, 0.717) is 11.4 Å². The zero-order valence-electron chi connectivity index (χ0n) is 7.68. The van der Waals surface area contributed by atoms with E-state index in [1.165, 1.54) is 6.26 Å². The number of hydrogen-bond donors (Lipinski definition) is 1. The van der Waals surface area contributed by atoms with E-state index < -0.39 is 0 Å². The number of ether oxygens (including phenoxy) is 1. The lowest BCUT2D eigenvalue weighted by molar-refractivity contribution is 0.276. The summed E-state index contributed by atoms with van der Waals surface area (Å²) in [6, 6.07) is 7.36. The van der Waals surface area contributed by atoms with Crippen LogP contribution in [0.2, 0.25) is 0 Å². The molecule has 0 amide bonds. The van der Waals surface area contributed by atoms with Gasteiger partial charge < -0.3 is 14.3 Å². The van der Waals surface area contributed by atoms with Crippen LogP contribution in [-0.4, -0.2) is 10.1 Å². The average molecular weight is 270 g/mol. The van der Waals surface area contributed by atoms with Crippen molar-refractivity contribution in [3.63, 3.8) is 0 Å². The van der Waals surface area contributed by atoms with Crippen LogP contribution in [0.25, 0.3) is 0 Å². The van der Waals surface area contributed by atoms with Gasteiger partial charge in [0.1, 0.15) is 17.7 Å². The second-order valence-electron chi connectivity index (χ2n) is 2.80. The number of hydrogen-bond acceptors (Lipinski definition) is 4. The van der Waals surface area contributed by atoms with E-state index in [1.807, 2.05) is 18.2 Å². The molecule has 4 nitrogen and oxygen atoms in total. The van der Waals surface area contributed by atoms with Crippen molar-refractivity contribution >= 4 is 15.9 Å². The molecule has 0 saturated carbocycles. The van der Waals surface area contributed by atoms with E-state index in [-0.39, 0.29) is 12.7 Å². The van der Waals surface area contributed by atoms with Gasteiger partial charge in [-0.15, -0.1) is 0 Å². The van der Waals surface area contributed by atoms with Crippen LogP contribution < -0.4 is 4.74 Å². The van der Waals surface area contributed by atoms with Gasteiger partial charge in [-0.1, -0.05) is 12.1 Å². The quantitative estimate of drug-likeness (QED) is 0.931. The Morgan fingerprint density at radius 3 is 2.87 bits per heavy atom. The van der Waals surface area contributed by atoms with Crippen molar-refractivity contribution in [1.82, 2.24) is 4.98 Å². The zero-order chi connectivity index (χ0) is 10.7. The van der Waals surface area contributed by atoms with Gasteiger partial charge in [-0.2, -0.15) is 4.98 Å². The number of para-hydroxylation sites is 1. The fourth-order valence-corrected chi connectivity index (χ4v) is 1.40. The molecule has 1 N–H and O–H groups in total. The van der Waals surface area contributed by atoms with Crippen molar-refractivity contribution < 1.29 is 14.3 Å². The lowest BCUT2D eigenvalue weighted by atomic mass is 10.3. The Morgan fingerprint density at radius 2 is 2.20 bits per heavy atom. The summed E-state index contributed by atoms with van der Waals surface area (Å²) >= 11 is 3.33. The van der Waals surface area contributed by atoms with Crippen LogP contribution in [0.15, 0.2) is 39.4 Å². The highest BCUT2D eigenvalue weighted by Crippen LogP contribution is 2.28.